The molecule has 6 heteroatoms. The Morgan fingerprint density at radius 2 is 1.69 bits per heavy atom. The maximum absolute atomic E-state index is 13.0. The van der Waals surface area contributed by atoms with E-state index in [1.54, 1.807) is 4.57 Å². The standard InChI is InChI=1S/C20H26N4O2/c1-5-16-21-18-17(23(16)13-15-10-8-7-9-11-15)19(25)22(6-2)20(26)24(18)12-14(3)4/h7-11,14H,5-6,12-13H2,1-4H3. The second-order valence-corrected chi connectivity index (χ2v) is 6.96. The van der Waals surface area contributed by atoms with Crippen LogP contribution in [0.15, 0.2) is 39.9 Å². The highest BCUT2D eigenvalue weighted by molar-refractivity contribution is 5.71. The van der Waals surface area contributed by atoms with E-state index in [1.807, 2.05) is 48.7 Å². The van der Waals surface area contributed by atoms with Gasteiger partial charge in [-0.25, -0.2) is 9.78 Å². The van der Waals surface area contributed by atoms with Crippen LogP contribution in [-0.4, -0.2) is 18.7 Å². The molecule has 0 radical (unpaired) electrons. The topological polar surface area (TPSA) is 61.8 Å². The highest BCUT2D eigenvalue weighted by Gasteiger charge is 2.21. The minimum absolute atomic E-state index is 0.254. The van der Waals surface area contributed by atoms with Crippen LogP contribution in [0, 0.1) is 5.92 Å². The molecule has 26 heavy (non-hydrogen) atoms. The van der Waals surface area contributed by atoms with Crippen LogP contribution in [0.3, 0.4) is 0 Å². The molecule has 6 nitrogen and oxygen atoms in total. The fraction of sp³-hybridized carbons (Fsp3) is 0.450. The van der Waals surface area contributed by atoms with Gasteiger partial charge in [-0.15, -0.1) is 0 Å². The van der Waals surface area contributed by atoms with Gasteiger partial charge in [-0.3, -0.25) is 13.9 Å². The quantitative estimate of drug-likeness (QED) is 0.684. The third-order valence-electron chi connectivity index (χ3n) is 4.56. The lowest BCUT2D eigenvalue weighted by Gasteiger charge is -2.13. The Morgan fingerprint density at radius 3 is 2.27 bits per heavy atom. The number of fused-ring (bicyclic) bond motifs is 1. The molecule has 0 aliphatic carbocycles. The van der Waals surface area contributed by atoms with Gasteiger partial charge in [0.2, 0.25) is 0 Å². The van der Waals surface area contributed by atoms with Crippen LogP contribution in [0.5, 0.6) is 0 Å². The van der Waals surface area contributed by atoms with Crippen LogP contribution >= 0.6 is 0 Å². The van der Waals surface area contributed by atoms with E-state index in [4.69, 9.17) is 0 Å². The Labute approximate surface area is 152 Å². The number of aryl methyl sites for hydroxylation is 1. The van der Waals surface area contributed by atoms with E-state index in [-0.39, 0.29) is 17.2 Å². The minimum Gasteiger partial charge on any atom is -0.318 e. The van der Waals surface area contributed by atoms with E-state index in [0.717, 1.165) is 11.4 Å². The summed E-state index contributed by atoms with van der Waals surface area (Å²) in [7, 11) is 0. The van der Waals surface area contributed by atoms with Crippen molar-refractivity contribution in [3.05, 3.63) is 62.6 Å². The predicted octanol–water partition coefficient (Wildman–Crippen LogP) is 2.65. The number of hydrogen-bond acceptors (Lipinski definition) is 3. The van der Waals surface area contributed by atoms with Crippen LogP contribution in [0.1, 0.15) is 39.1 Å². The highest BCUT2D eigenvalue weighted by Crippen LogP contribution is 2.16. The Bertz CT molecular complexity index is 1030. The smallest absolute Gasteiger partial charge is 0.318 e. The van der Waals surface area contributed by atoms with Gasteiger partial charge in [-0.2, -0.15) is 0 Å². The largest absolute Gasteiger partial charge is 0.332 e. The highest BCUT2D eigenvalue weighted by atomic mass is 16.2. The summed E-state index contributed by atoms with van der Waals surface area (Å²) in [4.78, 5) is 30.6. The fourth-order valence-electron chi connectivity index (χ4n) is 3.35. The Hall–Kier alpha value is -2.63. The Morgan fingerprint density at radius 1 is 1.00 bits per heavy atom. The van der Waals surface area contributed by atoms with Crippen molar-refractivity contribution in [1.29, 1.82) is 0 Å². The van der Waals surface area contributed by atoms with Crippen molar-refractivity contribution in [3.63, 3.8) is 0 Å². The van der Waals surface area contributed by atoms with E-state index in [9.17, 15) is 9.59 Å². The summed E-state index contributed by atoms with van der Waals surface area (Å²) >= 11 is 0. The first kappa shape index (κ1) is 18.2. The van der Waals surface area contributed by atoms with Gasteiger partial charge < -0.3 is 4.57 Å². The molecule has 0 unspecified atom stereocenters. The number of nitrogens with zero attached hydrogens (tertiary/aromatic N) is 4. The van der Waals surface area contributed by atoms with Crippen LogP contribution in [0.2, 0.25) is 0 Å². The summed E-state index contributed by atoms with van der Waals surface area (Å²) in [6, 6.07) is 10.0. The monoisotopic (exact) mass is 354 g/mol. The molecular weight excluding hydrogens is 328 g/mol. The van der Waals surface area contributed by atoms with Crippen molar-refractivity contribution in [1.82, 2.24) is 18.7 Å². The summed E-state index contributed by atoms with van der Waals surface area (Å²) in [5.41, 5.74) is 1.60. The fourth-order valence-corrected chi connectivity index (χ4v) is 3.35. The Balaban J connectivity index is 2.34. The molecule has 0 saturated carbocycles. The zero-order chi connectivity index (χ0) is 18.8. The van der Waals surface area contributed by atoms with Crippen molar-refractivity contribution >= 4 is 11.2 Å². The maximum atomic E-state index is 13.0. The number of rotatable bonds is 6. The molecule has 3 aromatic rings. The van der Waals surface area contributed by atoms with Gasteiger partial charge >= 0.3 is 5.69 Å². The number of benzene rings is 1. The number of aromatic nitrogens is 4. The molecule has 0 aliphatic heterocycles. The van der Waals surface area contributed by atoms with E-state index >= 15 is 0 Å². The summed E-state index contributed by atoms with van der Waals surface area (Å²) < 4.78 is 4.94. The van der Waals surface area contributed by atoms with Gasteiger partial charge in [0.05, 0.1) is 0 Å². The van der Waals surface area contributed by atoms with Gasteiger partial charge in [-0.1, -0.05) is 51.1 Å². The third-order valence-corrected chi connectivity index (χ3v) is 4.56. The summed E-state index contributed by atoms with van der Waals surface area (Å²) in [5.74, 6) is 1.11. The first-order chi connectivity index (χ1) is 12.5. The van der Waals surface area contributed by atoms with Crippen LogP contribution < -0.4 is 11.2 Å². The second kappa shape index (κ2) is 7.32. The lowest BCUT2D eigenvalue weighted by molar-refractivity contribution is 0.491. The van der Waals surface area contributed by atoms with Crippen molar-refractivity contribution in [2.75, 3.05) is 0 Å². The lowest BCUT2D eigenvalue weighted by atomic mass is 10.2. The van der Waals surface area contributed by atoms with Crippen molar-refractivity contribution in [3.8, 4) is 0 Å². The lowest BCUT2D eigenvalue weighted by Crippen LogP contribution is -2.40. The SMILES string of the molecule is CCc1nc2c(c(=O)n(CC)c(=O)n2CC(C)C)n1Cc1ccccc1. The average molecular weight is 354 g/mol. The minimum atomic E-state index is -0.272. The molecule has 1 aromatic carbocycles. The number of hydrogen-bond donors (Lipinski definition) is 0. The molecule has 0 spiro atoms. The molecule has 3 rings (SSSR count). The first-order valence-electron chi connectivity index (χ1n) is 9.24. The summed E-state index contributed by atoms with van der Waals surface area (Å²) in [5, 5.41) is 0. The maximum Gasteiger partial charge on any atom is 0.332 e. The summed E-state index contributed by atoms with van der Waals surface area (Å²) in [6.07, 6.45) is 0.697. The van der Waals surface area contributed by atoms with Crippen molar-refractivity contribution in [2.24, 2.45) is 5.92 Å². The van der Waals surface area contributed by atoms with Crippen molar-refractivity contribution < 1.29 is 0 Å². The van der Waals surface area contributed by atoms with E-state index in [2.05, 4.69) is 18.8 Å². The van der Waals surface area contributed by atoms with Gasteiger partial charge in [-0.05, 0) is 18.4 Å². The van der Waals surface area contributed by atoms with Crippen LogP contribution in [0.25, 0.3) is 11.2 Å². The molecule has 2 heterocycles. The molecule has 0 aliphatic rings. The Kier molecular flexibility index (Phi) is 5.11. The molecule has 0 fully saturated rings. The average Bonchev–Trinajstić information content (AvgIpc) is 2.98. The van der Waals surface area contributed by atoms with Gasteiger partial charge in [0.25, 0.3) is 5.56 Å². The van der Waals surface area contributed by atoms with Crippen LogP contribution in [0.4, 0.5) is 0 Å². The van der Waals surface area contributed by atoms with Crippen molar-refractivity contribution in [2.45, 2.75) is 53.8 Å². The zero-order valence-corrected chi connectivity index (χ0v) is 15.9. The van der Waals surface area contributed by atoms with E-state index in [0.29, 0.717) is 37.2 Å². The second-order valence-electron chi connectivity index (χ2n) is 6.96. The normalized spacial score (nSPS) is 11.6. The third kappa shape index (κ3) is 3.11. The van der Waals surface area contributed by atoms with Crippen LogP contribution in [-0.2, 0) is 26.1 Å². The van der Waals surface area contributed by atoms with Gasteiger partial charge in [0.1, 0.15) is 5.82 Å². The molecule has 0 N–H and O–H groups in total. The first-order valence-corrected chi connectivity index (χ1v) is 9.24. The predicted molar refractivity (Wildman–Crippen MR) is 104 cm³/mol. The van der Waals surface area contributed by atoms with Gasteiger partial charge in [0, 0.05) is 26.1 Å². The number of imidazole rings is 1. The molecule has 138 valence electrons. The molecule has 0 bridgehead atoms. The summed E-state index contributed by atoms with van der Waals surface area (Å²) in [6.45, 7) is 9.42. The van der Waals surface area contributed by atoms with Gasteiger partial charge in [0.15, 0.2) is 11.2 Å². The van der Waals surface area contributed by atoms with E-state index < -0.39 is 0 Å². The molecule has 0 saturated heterocycles. The molecule has 2 aromatic heterocycles. The molecule has 0 atom stereocenters. The zero-order valence-electron chi connectivity index (χ0n) is 15.9. The molecular formula is C20H26N4O2. The van der Waals surface area contributed by atoms with E-state index in [1.165, 1.54) is 4.57 Å². The molecule has 0 amide bonds.